The third-order valence-electron chi connectivity index (χ3n) is 4.51. The van der Waals surface area contributed by atoms with E-state index in [0.29, 0.717) is 0 Å². The highest BCUT2D eigenvalue weighted by Gasteiger charge is 2.20. The molecule has 142 valence electrons. The second-order valence-corrected chi connectivity index (χ2v) is 8.29. The van der Waals surface area contributed by atoms with Crippen molar-refractivity contribution in [2.45, 2.75) is 52.9 Å². The highest BCUT2D eigenvalue weighted by Crippen LogP contribution is 2.20. The number of rotatable bonds is 11. The largest absolute Gasteiger partial charge is 0.357 e. The summed E-state index contributed by atoms with van der Waals surface area (Å²) in [5.41, 5.74) is 0. The van der Waals surface area contributed by atoms with Crippen molar-refractivity contribution in [3.63, 3.8) is 0 Å². The van der Waals surface area contributed by atoms with E-state index in [9.17, 15) is 0 Å². The SMILES string of the molecule is CCNC(=NCCCCN1CC(C)CC(C)C1)NCCCCSC. The van der Waals surface area contributed by atoms with Crippen LogP contribution in [0.5, 0.6) is 0 Å². The first-order valence-corrected chi connectivity index (χ1v) is 11.3. The van der Waals surface area contributed by atoms with Crippen molar-refractivity contribution in [1.82, 2.24) is 15.5 Å². The van der Waals surface area contributed by atoms with Gasteiger partial charge in [-0.2, -0.15) is 11.8 Å². The molecular formula is C19H40N4S. The fraction of sp³-hybridized carbons (Fsp3) is 0.947. The Balaban J connectivity index is 2.14. The van der Waals surface area contributed by atoms with E-state index < -0.39 is 0 Å². The second kappa shape index (κ2) is 13.8. The number of likely N-dealkylation sites (tertiary alicyclic amines) is 1. The Hall–Kier alpha value is -0.420. The lowest BCUT2D eigenvalue weighted by atomic mass is 9.92. The van der Waals surface area contributed by atoms with Crippen molar-refractivity contribution in [2.24, 2.45) is 16.8 Å². The number of unbranched alkanes of at least 4 members (excludes halogenated alkanes) is 2. The van der Waals surface area contributed by atoms with E-state index >= 15 is 0 Å². The van der Waals surface area contributed by atoms with Gasteiger partial charge in [0, 0.05) is 32.7 Å². The molecule has 0 amide bonds. The molecule has 1 rings (SSSR count). The van der Waals surface area contributed by atoms with Crippen molar-refractivity contribution >= 4 is 17.7 Å². The number of piperidine rings is 1. The quantitative estimate of drug-likeness (QED) is 0.338. The van der Waals surface area contributed by atoms with Gasteiger partial charge in [0.1, 0.15) is 0 Å². The maximum atomic E-state index is 4.71. The summed E-state index contributed by atoms with van der Waals surface area (Å²) in [6.07, 6.45) is 8.51. The van der Waals surface area contributed by atoms with Crippen LogP contribution >= 0.6 is 11.8 Å². The van der Waals surface area contributed by atoms with Gasteiger partial charge in [0.25, 0.3) is 0 Å². The van der Waals surface area contributed by atoms with Gasteiger partial charge in [-0.05, 0) is 69.4 Å². The lowest BCUT2D eigenvalue weighted by Gasteiger charge is -2.34. The van der Waals surface area contributed by atoms with Gasteiger partial charge in [0.2, 0.25) is 0 Å². The molecule has 0 aromatic carbocycles. The van der Waals surface area contributed by atoms with E-state index in [4.69, 9.17) is 4.99 Å². The molecule has 4 nitrogen and oxygen atoms in total. The van der Waals surface area contributed by atoms with Crippen LogP contribution in [0.3, 0.4) is 0 Å². The molecule has 0 bridgehead atoms. The number of nitrogens with zero attached hydrogens (tertiary/aromatic N) is 2. The minimum absolute atomic E-state index is 0.863. The predicted octanol–water partition coefficient (Wildman–Crippen LogP) is 3.44. The lowest BCUT2D eigenvalue weighted by molar-refractivity contribution is 0.139. The topological polar surface area (TPSA) is 39.7 Å². The Bertz CT molecular complexity index is 325. The van der Waals surface area contributed by atoms with E-state index in [1.54, 1.807) is 0 Å². The molecule has 0 aliphatic carbocycles. The normalized spacial score (nSPS) is 22.6. The summed E-state index contributed by atoms with van der Waals surface area (Å²) < 4.78 is 0. The average Bonchev–Trinajstić information content (AvgIpc) is 2.53. The summed E-state index contributed by atoms with van der Waals surface area (Å²) in [6, 6.07) is 0. The van der Waals surface area contributed by atoms with Crippen LogP contribution in [-0.2, 0) is 0 Å². The first kappa shape index (κ1) is 21.6. The molecule has 1 fully saturated rings. The summed E-state index contributed by atoms with van der Waals surface area (Å²) in [5, 5.41) is 6.80. The van der Waals surface area contributed by atoms with Crippen LogP contribution in [0.4, 0.5) is 0 Å². The smallest absolute Gasteiger partial charge is 0.191 e. The molecule has 2 N–H and O–H groups in total. The molecule has 0 aromatic heterocycles. The van der Waals surface area contributed by atoms with Crippen LogP contribution in [0, 0.1) is 11.8 Å². The number of guanidine groups is 1. The molecule has 2 atom stereocenters. The number of hydrogen-bond acceptors (Lipinski definition) is 3. The molecule has 1 aliphatic rings. The zero-order valence-electron chi connectivity index (χ0n) is 16.4. The van der Waals surface area contributed by atoms with E-state index in [-0.39, 0.29) is 0 Å². The second-order valence-electron chi connectivity index (χ2n) is 7.30. The molecule has 1 heterocycles. The number of aliphatic imine (C=N–C) groups is 1. The van der Waals surface area contributed by atoms with Gasteiger partial charge in [-0.3, -0.25) is 4.99 Å². The highest BCUT2D eigenvalue weighted by atomic mass is 32.2. The van der Waals surface area contributed by atoms with Crippen molar-refractivity contribution in [3.05, 3.63) is 0 Å². The monoisotopic (exact) mass is 356 g/mol. The number of hydrogen-bond donors (Lipinski definition) is 2. The predicted molar refractivity (Wildman–Crippen MR) is 110 cm³/mol. The summed E-state index contributed by atoms with van der Waals surface area (Å²) in [4.78, 5) is 7.37. The van der Waals surface area contributed by atoms with Crippen molar-refractivity contribution < 1.29 is 0 Å². The van der Waals surface area contributed by atoms with E-state index in [2.05, 4.69) is 42.6 Å². The molecule has 1 saturated heterocycles. The van der Waals surface area contributed by atoms with Gasteiger partial charge < -0.3 is 15.5 Å². The summed E-state index contributed by atoms with van der Waals surface area (Å²) in [6.45, 7) is 13.6. The van der Waals surface area contributed by atoms with E-state index in [1.807, 2.05) is 11.8 Å². The van der Waals surface area contributed by atoms with Gasteiger partial charge in [-0.25, -0.2) is 0 Å². The molecule has 0 radical (unpaired) electrons. The third kappa shape index (κ3) is 10.4. The van der Waals surface area contributed by atoms with Gasteiger partial charge in [0.15, 0.2) is 5.96 Å². The minimum atomic E-state index is 0.863. The lowest BCUT2D eigenvalue weighted by Crippen LogP contribution is -2.39. The third-order valence-corrected chi connectivity index (χ3v) is 5.21. The number of thioether (sulfide) groups is 1. The van der Waals surface area contributed by atoms with Crippen LogP contribution in [-0.4, -0.2) is 62.1 Å². The van der Waals surface area contributed by atoms with Crippen LogP contribution in [0.2, 0.25) is 0 Å². The highest BCUT2D eigenvalue weighted by molar-refractivity contribution is 7.98. The zero-order chi connectivity index (χ0) is 17.6. The standard InChI is InChI=1S/C19H40N4S/c1-5-20-19(22-11-7-9-13-24-4)21-10-6-8-12-23-15-17(2)14-18(3)16-23/h17-18H,5-16H2,1-4H3,(H2,20,21,22). The Morgan fingerprint density at radius 1 is 1.08 bits per heavy atom. The van der Waals surface area contributed by atoms with Gasteiger partial charge in [-0.1, -0.05) is 13.8 Å². The molecule has 1 aliphatic heterocycles. The number of nitrogens with one attached hydrogen (secondary N) is 2. The Morgan fingerprint density at radius 2 is 1.83 bits per heavy atom. The molecule has 5 heteroatoms. The van der Waals surface area contributed by atoms with E-state index in [0.717, 1.165) is 37.4 Å². The van der Waals surface area contributed by atoms with Crippen LogP contribution in [0.15, 0.2) is 4.99 Å². The average molecular weight is 357 g/mol. The van der Waals surface area contributed by atoms with Gasteiger partial charge >= 0.3 is 0 Å². The van der Waals surface area contributed by atoms with Gasteiger partial charge in [-0.15, -0.1) is 0 Å². The Morgan fingerprint density at radius 3 is 2.50 bits per heavy atom. The first-order chi connectivity index (χ1) is 11.7. The maximum Gasteiger partial charge on any atom is 0.191 e. The Labute approximate surface area is 154 Å². The molecule has 0 aromatic rings. The zero-order valence-corrected chi connectivity index (χ0v) is 17.3. The van der Waals surface area contributed by atoms with Gasteiger partial charge in [0.05, 0.1) is 0 Å². The summed E-state index contributed by atoms with van der Waals surface area (Å²) in [5.74, 6) is 3.97. The molecule has 0 spiro atoms. The van der Waals surface area contributed by atoms with Crippen LogP contribution < -0.4 is 10.6 Å². The summed E-state index contributed by atoms with van der Waals surface area (Å²) in [7, 11) is 0. The fourth-order valence-corrected chi connectivity index (χ4v) is 4.03. The fourth-order valence-electron chi connectivity index (χ4n) is 3.53. The van der Waals surface area contributed by atoms with Crippen molar-refractivity contribution in [3.8, 4) is 0 Å². The van der Waals surface area contributed by atoms with E-state index in [1.165, 1.54) is 57.5 Å². The minimum Gasteiger partial charge on any atom is -0.357 e. The summed E-state index contributed by atoms with van der Waals surface area (Å²) >= 11 is 1.92. The maximum absolute atomic E-state index is 4.71. The first-order valence-electron chi connectivity index (χ1n) is 9.89. The van der Waals surface area contributed by atoms with Crippen LogP contribution in [0.25, 0.3) is 0 Å². The van der Waals surface area contributed by atoms with Crippen molar-refractivity contribution in [2.75, 3.05) is 51.3 Å². The van der Waals surface area contributed by atoms with Crippen molar-refractivity contribution in [1.29, 1.82) is 0 Å². The molecule has 0 saturated carbocycles. The molecule has 2 unspecified atom stereocenters. The molecule has 24 heavy (non-hydrogen) atoms. The van der Waals surface area contributed by atoms with Crippen LogP contribution in [0.1, 0.15) is 52.9 Å². The molecular weight excluding hydrogens is 316 g/mol. The Kier molecular flexibility index (Phi) is 12.5.